The molecule has 4 rings (SSSR count). The highest BCUT2D eigenvalue weighted by Gasteiger charge is 2.17. The van der Waals surface area contributed by atoms with Crippen molar-refractivity contribution < 1.29 is 4.39 Å². The van der Waals surface area contributed by atoms with E-state index in [0.29, 0.717) is 11.5 Å². The molecule has 5 heteroatoms. The molecular formula is C22H19FN4. The van der Waals surface area contributed by atoms with E-state index >= 15 is 0 Å². The molecule has 0 aliphatic carbocycles. The fourth-order valence-electron chi connectivity index (χ4n) is 3.10. The van der Waals surface area contributed by atoms with Gasteiger partial charge in [0.25, 0.3) is 0 Å². The number of benzene rings is 2. The highest BCUT2D eigenvalue weighted by Crippen LogP contribution is 2.35. The SMILES string of the molecule is Cc1ccc(C)c(-c2nc3c(C)cccn3c2N=Nc2cccc(F)c2)c1. The molecule has 134 valence electrons. The number of halogens is 1. The average Bonchev–Trinajstić information content (AvgIpc) is 3.02. The lowest BCUT2D eigenvalue weighted by atomic mass is 10.0. The van der Waals surface area contributed by atoms with Gasteiger partial charge in [-0.2, -0.15) is 0 Å². The molecule has 0 saturated heterocycles. The Morgan fingerprint density at radius 3 is 2.56 bits per heavy atom. The lowest BCUT2D eigenvalue weighted by molar-refractivity contribution is 0.628. The van der Waals surface area contributed by atoms with Crippen molar-refractivity contribution in [2.75, 3.05) is 0 Å². The molecule has 4 aromatic rings. The van der Waals surface area contributed by atoms with Crippen LogP contribution in [0.5, 0.6) is 0 Å². The minimum atomic E-state index is -0.338. The highest BCUT2D eigenvalue weighted by molar-refractivity contribution is 5.77. The van der Waals surface area contributed by atoms with Crippen LogP contribution in [0.3, 0.4) is 0 Å². The van der Waals surface area contributed by atoms with E-state index in [1.54, 1.807) is 12.1 Å². The lowest BCUT2D eigenvalue weighted by Crippen LogP contribution is -1.86. The fraction of sp³-hybridized carbons (Fsp3) is 0.136. The molecule has 0 fully saturated rings. The third-order valence-corrected chi connectivity index (χ3v) is 4.54. The van der Waals surface area contributed by atoms with Crippen LogP contribution in [-0.4, -0.2) is 9.38 Å². The molecule has 0 spiro atoms. The van der Waals surface area contributed by atoms with Crippen LogP contribution in [0.25, 0.3) is 16.9 Å². The van der Waals surface area contributed by atoms with Crippen molar-refractivity contribution in [1.29, 1.82) is 0 Å². The van der Waals surface area contributed by atoms with Gasteiger partial charge in [0.05, 0.1) is 5.69 Å². The Hall–Kier alpha value is -3.34. The summed E-state index contributed by atoms with van der Waals surface area (Å²) in [7, 11) is 0. The molecule has 0 radical (unpaired) electrons. The summed E-state index contributed by atoms with van der Waals surface area (Å²) in [6.45, 7) is 6.12. The molecule has 27 heavy (non-hydrogen) atoms. The van der Waals surface area contributed by atoms with Crippen LogP contribution >= 0.6 is 0 Å². The van der Waals surface area contributed by atoms with Crippen LogP contribution in [-0.2, 0) is 0 Å². The molecule has 4 nitrogen and oxygen atoms in total. The molecule has 0 saturated carbocycles. The first-order chi connectivity index (χ1) is 13.0. The second kappa shape index (κ2) is 6.76. The lowest BCUT2D eigenvalue weighted by Gasteiger charge is -2.05. The zero-order chi connectivity index (χ0) is 19.0. The van der Waals surface area contributed by atoms with Gasteiger partial charge in [-0.1, -0.05) is 29.8 Å². The number of rotatable bonds is 3. The van der Waals surface area contributed by atoms with Crippen molar-refractivity contribution in [1.82, 2.24) is 9.38 Å². The predicted molar refractivity (Wildman–Crippen MR) is 105 cm³/mol. The summed E-state index contributed by atoms with van der Waals surface area (Å²) in [6, 6.07) is 16.3. The summed E-state index contributed by atoms with van der Waals surface area (Å²) in [5, 5.41) is 8.70. The zero-order valence-corrected chi connectivity index (χ0v) is 15.4. The quantitative estimate of drug-likeness (QED) is 0.386. The average molecular weight is 358 g/mol. The minimum Gasteiger partial charge on any atom is -0.282 e. The Morgan fingerprint density at radius 2 is 1.74 bits per heavy atom. The van der Waals surface area contributed by atoms with Gasteiger partial charge in [0.2, 0.25) is 0 Å². The summed E-state index contributed by atoms with van der Waals surface area (Å²) in [5.74, 6) is 0.293. The van der Waals surface area contributed by atoms with E-state index in [-0.39, 0.29) is 5.82 Å². The molecule has 0 bridgehead atoms. The monoisotopic (exact) mass is 358 g/mol. The maximum absolute atomic E-state index is 13.5. The standard InChI is InChI=1S/C22H19FN4/c1-14-9-10-15(2)19(12-14)20-22(26-25-18-8-4-7-17(23)13-18)27-11-5-6-16(3)21(27)24-20/h4-13H,1-3H3. The number of aromatic nitrogens is 2. The number of imidazole rings is 1. The van der Waals surface area contributed by atoms with Gasteiger partial charge in [-0.3, -0.25) is 4.40 Å². The Labute approximate surface area is 157 Å². The van der Waals surface area contributed by atoms with Gasteiger partial charge in [-0.15, -0.1) is 10.2 Å². The predicted octanol–water partition coefficient (Wildman–Crippen LogP) is 6.48. The summed E-state index contributed by atoms with van der Waals surface area (Å²) in [4.78, 5) is 4.85. The minimum absolute atomic E-state index is 0.338. The molecule has 0 atom stereocenters. The molecular weight excluding hydrogens is 339 g/mol. The fourth-order valence-corrected chi connectivity index (χ4v) is 3.10. The Balaban J connectivity index is 1.95. The molecule has 2 aromatic heterocycles. The number of hydrogen-bond donors (Lipinski definition) is 0. The van der Waals surface area contributed by atoms with E-state index < -0.39 is 0 Å². The number of fused-ring (bicyclic) bond motifs is 1. The van der Waals surface area contributed by atoms with Gasteiger partial charge >= 0.3 is 0 Å². The normalized spacial score (nSPS) is 11.6. The van der Waals surface area contributed by atoms with E-state index in [1.165, 1.54) is 12.1 Å². The molecule has 0 N–H and O–H groups in total. The second-order valence-corrected chi connectivity index (χ2v) is 6.67. The van der Waals surface area contributed by atoms with Gasteiger partial charge in [-0.05, 0) is 56.2 Å². The van der Waals surface area contributed by atoms with Crippen LogP contribution in [0.1, 0.15) is 16.7 Å². The van der Waals surface area contributed by atoms with Crippen molar-refractivity contribution in [2.45, 2.75) is 20.8 Å². The summed E-state index contributed by atoms with van der Waals surface area (Å²) in [5.41, 5.74) is 6.40. The van der Waals surface area contributed by atoms with Gasteiger partial charge < -0.3 is 0 Å². The first-order valence-electron chi connectivity index (χ1n) is 8.75. The van der Waals surface area contributed by atoms with Crippen molar-refractivity contribution >= 4 is 17.2 Å². The Kier molecular flexibility index (Phi) is 4.28. The topological polar surface area (TPSA) is 42.0 Å². The third kappa shape index (κ3) is 3.24. The molecule has 0 aliphatic heterocycles. The van der Waals surface area contributed by atoms with Crippen LogP contribution < -0.4 is 0 Å². The summed E-state index contributed by atoms with van der Waals surface area (Å²) in [6.07, 6.45) is 1.92. The zero-order valence-electron chi connectivity index (χ0n) is 15.4. The molecule has 2 aromatic carbocycles. The first-order valence-corrected chi connectivity index (χ1v) is 8.75. The molecule has 0 aliphatic rings. The third-order valence-electron chi connectivity index (χ3n) is 4.54. The largest absolute Gasteiger partial charge is 0.282 e. The summed E-state index contributed by atoms with van der Waals surface area (Å²) >= 11 is 0. The van der Waals surface area contributed by atoms with Crippen molar-refractivity contribution in [3.8, 4) is 11.3 Å². The summed E-state index contributed by atoms with van der Waals surface area (Å²) < 4.78 is 15.4. The number of azo groups is 1. The number of pyridine rings is 1. The van der Waals surface area contributed by atoms with Gasteiger partial charge in [0, 0.05) is 17.8 Å². The number of aryl methyl sites for hydroxylation is 3. The van der Waals surface area contributed by atoms with E-state index in [9.17, 15) is 4.39 Å². The van der Waals surface area contributed by atoms with Crippen LogP contribution in [0, 0.1) is 26.6 Å². The van der Waals surface area contributed by atoms with E-state index in [0.717, 1.165) is 33.6 Å². The smallest absolute Gasteiger partial charge is 0.187 e. The van der Waals surface area contributed by atoms with Gasteiger partial charge in [-0.25, -0.2) is 9.37 Å². The van der Waals surface area contributed by atoms with Crippen LogP contribution in [0.2, 0.25) is 0 Å². The first kappa shape index (κ1) is 17.1. The Morgan fingerprint density at radius 1 is 0.889 bits per heavy atom. The maximum Gasteiger partial charge on any atom is 0.187 e. The molecule has 2 heterocycles. The van der Waals surface area contributed by atoms with E-state index in [4.69, 9.17) is 4.98 Å². The van der Waals surface area contributed by atoms with Crippen molar-refractivity contribution in [3.63, 3.8) is 0 Å². The van der Waals surface area contributed by atoms with Gasteiger partial charge in [0.1, 0.15) is 17.2 Å². The van der Waals surface area contributed by atoms with Crippen molar-refractivity contribution in [3.05, 3.63) is 83.3 Å². The maximum atomic E-state index is 13.5. The second-order valence-electron chi connectivity index (χ2n) is 6.67. The van der Waals surface area contributed by atoms with Crippen molar-refractivity contribution in [2.24, 2.45) is 10.2 Å². The number of nitrogens with zero attached hydrogens (tertiary/aromatic N) is 4. The van der Waals surface area contributed by atoms with Crippen LogP contribution in [0.4, 0.5) is 15.9 Å². The van der Waals surface area contributed by atoms with Crippen LogP contribution in [0.15, 0.2) is 71.0 Å². The molecule has 0 unspecified atom stereocenters. The number of hydrogen-bond acceptors (Lipinski definition) is 3. The highest BCUT2D eigenvalue weighted by atomic mass is 19.1. The van der Waals surface area contributed by atoms with E-state index in [1.807, 2.05) is 29.7 Å². The van der Waals surface area contributed by atoms with E-state index in [2.05, 4.69) is 42.3 Å². The van der Waals surface area contributed by atoms with Gasteiger partial charge in [0.15, 0.2) is 5.82 Å². The molecule has 0 amide bonds. The Bertz CT molecular complexity index is 1170.